The number of halogens is 1. The highest BCUT2D eigenvalue weighted by molar-refractivity contribution is 8.04. The maximum atomic E-state index is 10.9. The third-order valence-corrected chi connectivity index (χ3v) is 6.88. The molecule has 0 N–H and O–H groups in total. The van der Waals surface area contributed by atoms with Crippen LogP contribution in [-0.2, 0) is 0 Å². The van der Waals surface area contributed by atoms with Gasteiger partial charge in [0.15, 0.2) is 5.82 Å². The largest absolute Gasteiger partial charge is 0.457 e. The molecule has 0 radical (unpaired) electrons. The van der Waals surface area contributed by atoms with E-state index in [4.69, 9.17) is 21.1 Å². The number of non-ortho nitro benzene ring substituents is 1. The Labute approximate surface area is 220 Å². The zero-order valence-corrected chi connectivity index (χ0v) is 20.6. The lowest BCUT2D eigenvalue weighted by Gasteiger charge is -2.17. The van der Waals surface area contributed by atoms with Crippen molar-refractivity contribution in [2.45, 2.75) is 5.16 Å². The Morgan fingerprint density at radius 1 is 0.865 bits per heavy atom. The summed E-state index contributed by atoms with van der Waals surface area (Å²) >= 11 is 7.50. The standard InChI is InChI=1S/C27H16ClN5O3S/c28-20-10-6-19(7-11-20)26-29-30-27-32(26)31-25(18-4-2-1-3-5-18)24(37-27)16-22-14-15-23(36-22)17-8-12-21(13-9-17)33(34)35/h1-16H/b24-16+. The minimum Gasteiger partial charge on any atom is -0.457 e. The van der Waals surface area contributed by atoms with Crippen LogP contribution in [0.15, 0.2) is 111 Å². The highest BCUT2D eigenvalue weighted by Crippen LogP contribution is 2.37. The first-order valence-corrected chi connectivity index (χ1v) is 12.3. The molecule has 0 saturated heterocycles. The summed E-state index contributed by atoms with van der Waals surface area (Å²) in [7, 11) is 0. The van der Waals surface area contributed by atoms with Gasteiger partial charge in [-0.2, -0.15) is 9.78 Å². The Hall–Kier alpha value is -4.47. The first kappa shape index (κ1) is 23.0. The number of nitro benzene ring substituents is 1. The third kappa shape index (κ3) is 4.57. The number of furan rings is 1. The van der Waals surface area contributed by atoms with E-state index in [0.29, 0.717) is 27.5 Å². The Bertz CT molecular complexity index is 1670. The molecule has 6 rings (SSSR count). The second-order valence-corrected chi connectivity index (χ2v) is 9.50. The molecule has 0 amide bonds. The molecule has 5 aromatic rings. The number of hydrogen-bond donors (Lipinski definition) is 0. The first-order chi connectivity index (χ1) is 18.0. The summed E-state index contributed by atoms with van der Waals surface area (Å²) in [6.07, 6.45) is 1.91. The van der Waals surface area contributed by atoms with E-state index in [2.05, 4.69) is 10.2 Å². The Balaban J connectivity index is 1.39. The number of hydrogen-bond acceptors (Lipinski definition) is 7. The summed E-state index contributed by atoms with van der Waals surface area (Å²) in [5.41, 5.74) is 3.32. The van der Waals surface area contributed by atoms with Crippen molar-refractivity contribution in [3.05, 3.63) is 122 Å². The third-order valence-electron chi connectivity index (χ3n) is 5.66. The van der Waals surface area contributed by atoms with Crippen molar-refractivity contribution < 1.29 is 9.34 Å². The number of fused-ring (bicyclic) bond motifs is 1. The molecular weight excluding hydrogens is 510 g/mol. The number of allylic oxidation sites excluding steroid dienone is 1. The highest BCUT2D eigenvalue weighted by atomic mass is 35.5. The number of aromatic nitrogens is 3. The molecule has 3 aromatic carbocycles. The van der Waals surface area contributed by atoms with Crippen molar-refractivity contribution in [3.8, 4) is 22.7 Å². The van der Waals surface area contributed by atoms with E-state index in [-0.39, 0.29) is 5.69 Å². The van der Waals surface area contributed by atoms with Crippen LogP contribution in [-0.4, -0.2) is 25.5 Å². The predicted molar refractivity (Wildman–Crippen MR) is 143 cm³/mol. The van der Waals surface area contributed by atoms with Gasteiger partial charge in [-0.25, -0.2) is 0 Å². The van der Waals surface area contributed by atoms with Crippen molar-refractivity contribution in [1.29, 1.82) is 0 Å². The number of thioether (sulfide) groups is 1. The molecule has 0 fully saturated rings. The van der Waals surface area contributed by atoms with E-state index in [1.165, 1.54) is 23.9 Å². The zero-order valence-electron chi connectivity index (χ0n) is 19.0. The first-order valence-electron chi connectivity index (χ1n) is 11.2. The van der Waals surface area contributed by atoms with Gasteiger partial charge in [0.1, 0.15) is 17.2 Å². The Morgan fingerprint density at radius 3 is 2.32 bits per heavy atom. The van der Waals surface area contributed by atoms with Crippen LogP contribution >= 0.6 is 23.4 Å². The molecular formula is C27H16ClN5O3S. The van der Waals surface area contributed by atoms with Gasteiger partial charge in [-0.05, 0) is 66.4 Å². The maximum Gasteiger partial charge on any atom is 0.269 e. The van der Waals surface area contributed by atoms with Crippen molar-refractivity contribution in [1.82, 2.24) is 14.9 Å². The average Bonchev–Trinajstić information content (AvgIpc) is 3.56. The molecule has 180 valence electrons. The van der Waals surface area contributed by atoms with E-state index in [1.807, 2.05) is 60.7 Å². The van der Waals surface area contributed by atoms with Gasteiger partial charge in [0, 0.05) is 38.8 Å². The van der Waals surface area contributed by atoms with Crippen LogP contribution in [0, 0.1) is 10.1 Å². The summed E-state index contributed by atoms with van der Waals surface area (Å²) in [5, 5.41) is 25.9. The fourth-order valence-corrected chi connectivity index (χ4v) is 4.90. The van der Waals surface area contributed by atoms with Crippen LogP contribution in [0.3, 0.4) is 0 Å². The fourth-order valence-electron chi connectivity index (χ4n) is 3.85. The molecule has 1 aliphatic heterocycles. The lowest BCUT2D eigenvalue weighted by molar-refractivity contribution is -0.384. The van der Waals surface area contributed by atoms with Crippen LogP contribution in [0.4, 0.5) is 5.69 Å². The molecule has 10 heteroatoms. The fraction of sp³-hybridized carbons (Fsp3) is 0. The topological polar surface area (TPSA) is 99.3 Å². The molecule has 3 heterocycles. The van der Waals surface area contributed by atoms with Crippen molar-refractivity contribution in [3.63, 3.8) is 0 Å². The second kappa shape index (κ2) is 9.53. The van der Waals surface area contributed by atoms with Crippen LogP contribution in [0.5, 0.6) is 0 Å². The molecule has 37 heavy (non-hydrogen) atoms. The summed E-state index contributed by atoms with van der Waals surface area (Å²) in [6.45, 7) is 0. The Morgan fingerprint density at radius 2 is 1.59 bits per heavy atom. The number of rotatable bonds is 5. The number of nitrogens with zero attached hydrogens (tertiary/aromatic N) is 5. The van der Waals surface area contributed by atoms with Gasteiger partial charge < -0.3 is 4.42 Å². The van der Waals surface area contributed by atoms with Gasteiger partial charge in [-0.15, -0.1) is 10.2 Å². The normalized spacial score (nSPS) is 13.9. The van der Waals surface area contributed by atoms with Crippen LogP contribution in [0.1, 0.15) is 11.3 Å². The van der Waals surface area contributed by atoms with E-state index in [9.17, 15) is 10.1 Å². The number of benzene rings is 3. The number of nitro groups is 1. The summed E-state index contributed by atoms with van der Waals surface area (Å²) in [4.78, 5) is 11.4. The van der Waals surface area contributed by atoms with Gasteiger partial charge in [0.05, 0.1) is 4.92 Å². The summed E-state index contributed by atoms with van der Waals surface area (Å²) in [6, 6.07) is 27.2. The lowest BCUT2D eigenvalue weighted by Crippen LogP contribution is -2.12. The lowest BCUT2D eigenvalue weighted by atomic mass is 10.1. The smallest absolute Gasteiger partial charge is 0.269 e. The van der Waals surface area contributed by atoms with Gasteiger partial charge in [-0.3, -0.25) is 10.1 Å². The maximum absolute atomic E-state index is 10.9. The minimum absolute atomic E-state index is 0.0297. The van der Waals surface area contributed by atoms with Crippen LogP contribution in [0.2, 0.25) is 5.02 Å². The molecule has 2 aromatic heterocycles. The molecule has 0 saturated carbocycles. The van der Waals surface area contributed by atoms with E-state index >= 15 is 0 Å². The minimum atomic E-state index is -0.427. The molecule has 8 nitrogen and oxygen atoms in total. The van der Waals surface area contributed by atoms with Crippen LogP contribution in [0.25, 0.3) is 28.8 Å². The van der Waals surface area contributed by atoms with Gasteiger partial charge in [0.2, 0.25) is 5.16 Å². The second-order valence-electron chi connectivity index (χ2n) is 8.06. The van der Waals surface area contributed by atoms with E-state index in [0.717, 1.165) is 27.3 Å². The molecule has 1 aliphatic rings. The average molecular weight is 526 g/mol. The monoisotopic (exact) mass is 525 g/mol. The Kier molecular flexibility index (Phi) is 5.91. The SMILES string of the molecule is O=[N+]([O-])c1ccc(-c2ccc(/C=C3/Sc4nnc(-c5ccc(Cl)cc5)n4N=C3c3ccccc3)o2)cc1. The van der Waals surface area contributed by atoms with E-state index < -0.39 is 4.92 Å². The molecule has 0 spiro atoms. The quantitative estimate of drug-likeness (QED) is 0.178. The highest BCUT2D eigenvalue weighted by Gasteiger charge is 2.25. The van der Waals surface area contributed by atoms with Gasteiger partial charge in [0.25, 0.3) is 5.69 Å². The zero-order chi connectivity index (χ0) is 25.4. The van der Waals surface area contributed by atoms with Gasteiger partial charge in [-0.1, -0.05) is 41.9 Å². The van der Waals surface area contributed by atoms with Crippen molar-refractivity contribution in [2.75, 3.05) is 0 Å². The molecule has 0 atom stereocenters. The van der Waals surface area contributed by atoms with Gasteiger partial charge >= 0.3 is 0 Å². The van der Waals surface area contributed by atoms with Crippen molar-refractivity contribution >= 4 is 40.8 Å². The van der Waals surface area contributed by atoms with Crippen molar-refractivity contribution in [2.24, 2.45) is 5.10 Å². The summed E-state index contributed by atoms with van der Waals surface area (Å²) < 4.78 is 7.79. The molecule has 0 bridgehead atoms. The van der Waals surface area contributed by atoms with Crippen LogP contribution < -0.4 is 0 Å². The molecule has 0 unspecified atom stereocenters. The summed E-state index contributed by atoms with van der Waals surface area (Å²) in [5.74, 6) is 1.84. The predicted octanol–water partition coefficient (Wildman–Crippen LogP) is 7.17. The van der Waals surface area contributed by atoms with E-state index in [1.54, 1.807) is 28.9 Å². The molecule has 0 aliphatic carbocycles.